The minimum Gasteiger partial charge on any atom is -0.372 e. The molecule has 1 aliphatic heterocycles. The molecule has 1 aromatic rings. The molecule has 0 unspecified atom stereocenters. The second-order valence-electron chi connectivity index (χ2n) is 6.01. The Morgan fingerprint density at radius 2 is 2.29 bits per heavy atom. The van der Waals surface area contributed by atoms with Crippen molar-refractivity contribution < 1.29 is 4.74 Å². The van der Waals surface area contributed by atoms with Gasteiger partial charge in [0.15, 0.2) is 0 Å². The molecule has 0 spiro atoms. The molecule has 6 heteroatoms. The van der Waals surface area contributed by atoms with Crippen LogP contribution in [0.25, 0.3) is 0 Å². The molecule has 2 rings (SSSR count). The molecule has 0 bridgehead atoms. The van der Waals surface area contributed by atoms with Crippen molar-refractivity contribution in [3.8, 4) is 0 Å². The van der Waals surface area contributed by atoms with E-state index >= 15 is 0 Å². The number of ether oxygens (including phenoxy) is 1. The summed E-state index contributed by atoms with van der Waals surface area (Å²) in [4.78, 5) is 14.3. The third-order valence-corrected chi connectivity index (χ3v) is 3.62. The molecule has 2 heterocycles. The number of aromatic nitrogens is 2. The van der Waals surface area contributed by atoms with Crippen molar-refractivity contribution in [2.45, 2.75) is 39.3 Å². The number of anilines is 1. The monoisotopic (exact) mass is 294 g/mol. The Morgan fingerprint density at radius 3 is 2.95 bits per heavy atom. The third-order valence-electron chi connectivity index (χ3n) is 3.62. The summed E-state index contributed by atoms with van der Waals surface area (Å²) in [5.41, 5.74) is 0.673. The van der Waals surface area contributed by atoms with E-state index in [4.69, 9.17) is 4.74 Å². The first-order valence-corrected chi connectivity index (χ1v) is 7.68. The van der Waals surface area contributed by atoms with Crippen LogP contribution in [0.2, 0.25) is 0 Å². The number of hydrogen-bond donors (Lipinski definition) is 1. The lowest BCUT2D eigenvalue weighted by Gasteiger charge is -2.39. The molecular weight excluding hydrogens is 268 g/mol. The van der Waals surface area contributed by atoms with E-state index in [1.807, 2.05) is 0 Å². The molecule has 0 amide bonds. The van der Waals surface area contributed by atoms with Crippen molar-refractivity contribution >= 4 is 5.69 Å². The van der Waals surface area contributed by atoms with Crippen LogP contribution >= 0.6 is 0 Å². The third kappa shape index (κ3) is 4.54. The Hall–Kier alpha value is -1.40. The summed E-state index contributed by atoms with van der Waals surface area (Å²) in [7, 11) is 0. The van der Waals surface area contributed by atoms with E-state index in [2.05, 4.69) is 36.1 Å². The molecule has 1 fully saturated rings. The van der Waals surface area contributed by atoms with E-state index in [9.17, 15) is 4.79 Å². The summed E-state index contributed by atoms with van der Waals surface area (Å²) in [5.74, 6) is 0. The first kappa shape index (κ1) is 16.0. The van der Waals surface area contributed by atoms with Crippen LogP contribution in [0.3, 0.4) is 0 Å². The quantitative estimate of drug-likeness (QED) is 0.789. The molecule has 6 nitrogen and oxygen atoms in total. The first-order valence-electron chi connectivity index (χ1n) is 7.68. The maximum atomic E-state index is 12.1. The molecule has 21 heavy (non-hydrogen) atoms. The minimum atomic E-state index is -0.182. The Kier molecular flexibility index (Phi) is 5.36. The lowest BCUT2D eigenvalue weighted by atomic mass is 10.1. The largest absolute Gasteiger partial charge is 0.372 e. The smallest absolute Gasteiger partial charge is 0.268 e. The van der Waals surface area contributed by atoms with Gasteiger partial charge in [-0.25, -0.2) is 4.68 Å². The molecule has 1 N–H and O–H groups in total. The van der Waals surface area contributed by atoms with Gasteiger partial charge in [-0.15, -0.1) is 0 Å². The zero-order chi connectivity index (χ0) is 15.3. The summed E-state index contributed by atoms with van der Waals surface area (Å²) in [6, 6.07) is 1.68. The van der Waals surface area contributed by atoms with Crippen LogP contribution < -0.4 is 15.8 Å². The molecule has 1 saturated heterocycles. The topological polar surface area (TPSA) is 59.4 Å². The fourth-order valence-electron chi connectivity index (χ4n) is 2.53. The van der Waals surface area contributed by atoms with Crippen LogP contribution in [-0.4, -0.2) is 48.2 Å². The SMILES string of the molecule is CCNCCCn1ncc(N2CCOC(C)(C)C2)cc1=O. The summed E-state index contributed by atoms with van der Waals surface area (Å²) in [5, 5.41) is 7.54. The van der Waals surface area contributed by atoms with Gasteiger partial charge < -0.3 is 15.0 Å². The van der Waals surface area contributed by atoms with Crippen LogP contribution in [0, 0.1) is 0 Å². The zero-order valence-electron chi connectivity index (χ0n) is 13.3. The van der Waals surface area contributed by atoms with Gasteiger partial charge in [-0.3, -0.25) is 4.79 Å². The molecule has 1 aromatic heterocycles. The van der Waals surface area contributed by atoms with E-state index in [-0.39, 0.29) is 11.2 Å². The van der Waals surface area contributed by atoms with Crippen molar-refractivity contribution in [2.75, 3.05) is 37.7 Å². The zero-order valence-corrected chi connectivity index (χ0v) is 13.3. The van der Waals surface area contributed by atoms with E-state index in [0.29, 0.717) is 13.2 Å². The number of nitrogens with one attached hydrogen (secondary N) is 1. The van der Waals surface area contributed by atoms with Gasteiger partial charge in [0.25, 0.3) is 5.56 Å². The Labute approximate surface area is 126 Å². The highest BCUT2D eigenvalue weighted by atomic mass is 16.5. The highest BCUT2D eigenvalue weighted by Gasteiger charge is 2.27. The van der Waals surface area contributed by atoms with Gasteiger partial charge in [-0.1, -0.05) is 6.92 Å². The normalized spacial score (nSPS) is 18.0. The van der Waals surface area contributed by atoms with E-state index in [0.717, 1.165) is 38.3 Å². The average Bonchev–Trinajstić information content (AvgIpc) is 2.44. The van der Waals surface area contributed by atoms with Gasteiger partial charge in [0.2, 0.25) is 0 Å². The predicted molar refractivity (Wildman–Crippen MR) is 83.9 cm³/mol. The lowest BCUT2D eigenvalue weighted by Crippen LogP contribution is -2.48. The first-order chi connectivity index (χ1) is 10.0. The summed E-state index contributed by atoms with van der Waals surface area (Å²) in [6.07, 6.45) is 2.70. The Balaban J connectivity index is 2.00. The fraction of sp³-hybridized carbons (Fsp3) is 0.733. The van der Waals surface area contributed by atoms with Gasteiger partial charge >= 0.3 is 0 Å². The maximum Gasteiger partial charge on any atom is 0.268 e. The predicted octanol–water partition coefficient (Wildman–Crippen LogP) is 0.858. The van der Waals surface area contributed by atoms with Gasteiger partial charge in [-0.05, 0) is 33.4 Å². The Morgan fingerprint density at radius 1 is 1.48 bits per heavy atom. The molecule has 0 radical (unpaired) electrons. The molecule has 0 atom stereocenters. The minimum absolute atomic E-state index is 0.0340. The van der Waals surface area contributed by atoms with Crippen LogP contribution in [0.5, 0.6) is 0 Å². The van der Waals surface area contributed by atoms with E-state index < -0.39 is 0 Å². The number of nitrogens with zero attached hydrogens (tertiary/aromatic N) is 3. The van der Waals surface area contributed by atoms with E-state index in [1.54, 1.807) is 12.3 Å². The van der Waals surface area contributed by atoms with Gasteiger partial charge in [0.1, 0.15) is 0 Å². The van der Waals surface area contributed by atoms with Gasteiger partial charge in [0, 0.05) is 25.7 Å². The van der Waals surface area contributed by atoms with Crippen molar-refractivity contribution in [2.24, 2.45) is 0 Å². The second kappa shape index (κ2) is 7.04. The van der Waals surface area contributed by atoms with E-state index in [1.165, 1.54) is 4.68 Å². The van der Waals surface area contributed by atoms with Crippen LogP contribution in [0.4, 0.5) is 5.69 Å². The van der Waals surface area contributed by atoms with Crippen molar-refractivity contribution in [1.29, 1.82) is 0 Å². The van der Waals surface area contributed by atoms with Crippen molar-refractivity contribution in [3.05, 3.63) is 22.6 Å². The summed E-state index contributed by atoms with van der Waals surface area (Å²) >= 11 is 0. The standard InChI is InChI=1S/C15H26N4O2/c1-4-16-6-5-7-19-14(20)10-13(11-17-19)18-8-9-21-15(2,3)12-18/h10-11,16H,4-9,12H2,1-3H3. The number of hydrogen-bond acceptors (Lipinski definition) is 5. The molecule has 0 saturated carbocycles. The highest BCUT2D eigenvalue weighted by Crippen LogP contribution is 2.21. The van der Waals surface area contributed by atoms with Crippen LogP contribution in [0.15, 0.2) is 17.1 Å². The molecular formula is C15H26N4O2. The van der Waals surface area contributed by atoms with Gasteiger partial charge in [0.05, 0.1) is 24.1 Å². The molecule has 0 aromatic carbocycles. The van der Waals surface area contributed by atoms with Crippen LogP contribution in [0.1, 0.15) is 27.2 Å². The summed E-state index contributed by atoms with van der Waals surface area (Å²) < 4.78 is 7.23. The fourth-order valence-corrected chi connectivity index (χ4v) is 2.53. The Bertz CT molecular complexity index is 513. The van der Waals surface area contributed by atoms with Crippen molar-refractivity contribution in [3.63, 3.8) is 0 Å². The van der Waals surface area contributed by atoms with Gasteiger partial charge in [-0.2, -0.15) is 5.10 Å². The lowest BCUT2D eigenvalue weighted by molar-refractivity contribution is -0.0277. The average molecular weight is 294 g/mol. The molecule has 118 valence electrons. The number of rotatable bonds is 6. The summed E-state index contributed by atoms with van der Waals surface area (Å²) in [6.45, 7) is 11.0. The maximum absolute atomic E-state index is 12.1. The van der Waals surface area contributed by atoms with Crippen LogP contribution in [-0.2, 0) is 11.3 Å². The number of morpholine rings is 1. The highest BCUT2D eigenvalue weighted by molar-refractivity contribution is 5.43. The number of aryl methyl sites for hydroxylation is 1. The second-order valence-corrected chi connectivity index (χ2v) is 6.01. The molecule has 1 aliphatic rings. The molecule has 0 aliphatic carbocycles. The van der Waals surface area contributed by atoms with Crippen molar-refractivity contribution in [1.82, 2.24) is 15.1 Å².